The van der Waals surface area contributed by atoms with E-state index in [9.17, 15) is 14.4 Å². The van der Waals surface area contributed by atoms with Crippen molar-refractivity contribution in [3.8, 4) is 0 Å². The van der Waals surface area contributed by atoms with E-state index in [-0.39, 0.29) is 17.9 Å². The summed E-state index contributed by atoms with van der Waals surface area (Å²) in [5.74, 6) is -1.59. The standard InChI is InChI=1S/C20H13ClN2O5/c21-13-5-11-7-14(20(26)27)18(24)23-17(11)12(6-13)9-22-19(25)16-8-10-3-1-2-4-15(10)28-16/h1-8H,9H2,(H,22,25)(H,23,24)(H,26,27). The molecular formula is C20H13ClN2O5. The van der Waals surface area contributed by atoms with Crippen LogP contribution in [0.1, 0.15) is 26.5 Å². The van der Waals surface area contributed by atoms with Crippen molar-refractivity contribution in [2.75, 3.05) is 0 Å². The Kier molecular flexibility index (Phi) is 4.37. The summed E-state index contributed by atoms with van der Waals surface area (Å²) in [5, 5.41) is 13.4. The van der Waals surface area contributed by atoms with Gasteiger partial charge in [0.1, 0.15) is 11.1 Å². The summed E-state index contributed by atoms with van der Waals surface area (Å²) in [6, 6.07) is 13.3. The summed E-state index contributed by atoms with van der Waals surface area (Å²) in [7, 11) is 0. The highest BCUT2D eigenvalue weighted by atomic mass is 35.5. The summed E-state index contributed by atoms with van der Waals surface area (Å²) < 4.78 is 5.53. The number of rotatable bonds is 4. The third-order valence-corrected chi connectivity index (χ3v) is 4.54. The van der Waals surface area contributed by atoms with Crippen molar-refractivity contribution in [1.29, 1.82) is 0 Å². The van der Waals surface area contributed by atoms with Gasteiger partial charge in [0.15, 0.2) is 5.76 Å². The molecule has 2 aromatic carbocycles. The third kappa shape index (κ3) is 3.23. The van der Waals surface area contributed by atoms with E-state index in [2.05, 4.69) is 10.3 Å². The van der Waals surface area contributed by atoms with Crippen LogP contribution in [0.3, 0.4) is 0 Å². The Bertz CT molecular complexity index is 1270. The molecule has 0 aliphatic rings. The Labute approximate surface area is 162 Å². The normalized spacial score (nSPS) is 11.0. The van der Waals surface area contributed by atoms with Crippen LogP contribution in [0.2, 0.25) is 5.02 Å². The van der Waals surface area contributed by atoms with Gasteiger partial charge >= 0.3 is 5.97 Å². The molecule has 2 heterocycles. The second-order valence-corrected chi connectivity index (χ2v) is 6.61. The van der Waals surface area contributed by atoms with Crippen LogP contribution in [0.4, 0.5) is 0 Å². The number of fused-ring (bicyclic) bond motifs is 2. The van der Waals surface area contributed by atoms with E-state index in [1.807, 2.05) is 18.2 Å². The molecule has 8 heteroatoms. The lowest BCUT2D eigenvalue weighted by molar-refractivity contribution is 0.0695. The Hall–Kier alpha value is -3.58. The maximum absolute atomic E-state index is 12.4. The van der Waals surface area contributed by atoms with Crippen LogP contribution in [0, 0.1) is 0 Å². The minimum absolute atomic E-state index is 0.0648. The fourth-order valence-corrected chi connectivity index (χ4v) is 3.26. The molecule has 28 heavy (non-hydrogen) atoms. The van der Waals surface area contributed by atoms with Gasteiger partial charge in [-0.1, -0.05) is 29.8 Å². The second kappa shape index (κ2) is 6.86. The van der Waals surface area contributed by atoms with E-state index in [0.29, 0.717) is 27.1 Å². The molecule has 0 saturated heterocycles. The van der Waals surface area contributed by atoms with Gasteiger partial charge in [-0.2, -0.15) is 0 Å². The molecule has 4 rings (SSSR count). The molecule has 0 aliphatic carbocycles. The number of hydrogen-bond acceptors (Lipinski definition) is 4. The summed E-state index contributed by atoms with van der Waals surface area (Å²) in [5.41, 5.74) is 0.441. The molecule has 0 bridgehead atoms. The van der Waals surface area contributed by atoms with Gasteiger partial charge in [-0.25, -0.2) is 4.79 Å². The van der Waals surface area contributed by atoms with E-state index >= 15 is 0 Å². The first kappa shape index (κ1) is 17.8. The smallest absolute Gasteiger partial charge is 0.341 e. The molecule has 0 unspecified atom stereocenters. The molecule has 0 radical (unpaired) electrons. The number of para-hydroxylation sites is 1. The number of carboxylic acids is 1. The fraction of sp³-hybridized carbons (Fsp3) is 0.0500. The lowest BCUT2D eigenvalue weighted by Crippen LogP contribution is -2.23. The first-order valence-electron chi connectivity index (χ1n) is 8.28. The van der Waals surface area contributed by atoms with Gasteiger partial charge in [0, 0.05) is 22.3 Å². The Balaban J connectivity index is 1.65. The number of amides is 1. The van der Waals surface area contributed by atoms with E-state index in [1.54, 1.807) is 24.3 Å². The Morgan fingerprint density at radius 3 is 2.64 bits per heavy atom. The first-order chi connectivity index (χ1) is 13.4. The van der Waals surface area contributed by atoms with Gasteiger partial charge in [-0.15, -0.1) is 0 Å². The zero-order chi connectivity index (χ0) is 19.8. The lowest BCUT2D eigenvalue weighted by atomic mass is 10.1. The van der Waals surface area contributed by atoms with E-state index in [0.717, 1.165) is 5.39 Å². The van der Waals surface area contributed by atoms with Crippen molar-refractivity contribution in [3.63, 3.8) is 0 Å². The predicted octanol–water partition coefficient (Wildman–Crippen LogP) is 3.56. The average molecular weight is 397 g/mol. The number of carboxylic acid groups (broad SMARTS) is 1. The number of nitrogens with one attached hydrogen (secondary N) is 2. The molecule has 3 N–H and O–H groups in total. The number of aromatic amines is 1. The van der Waals surface area contributed by atoms with Crippen LogP contribution >= 0.6 is 11.6 Å². The van der Waals surface area contributed by atoms with Crippen LogP contribution < -0.4 is 10.9 Å². The number of pyridine rings is 1. The number of carbonyl (C=O) groups is 2. The van der Waals surface area contributed by atoms with Crippen molar-refractivity contribution in [2.45, 2.75) is 6.54 Å². The topological polar surface area (TPSA) is 112 Å². The zero-order valence-electron chi connectivity index (χ0n) is 14.3. The summed E-state index contributed by atoms with van der Waals surface area (Å²) in [6.07, 6.45) is 0. The average Bonchev–Trinajstić information content (AvgIpc) is 3.10. The van der Waals surface area contributed by atoms with Crippen molar-refractivity contribution >= 4 is 45.3 Å². The molecular weight excluding hydrogens is 384 g/mol. The third-order valence-electron chi connectivity index (χ3n) is 4.32. The number of aromatic nitrogens is 1. The minimum Gasteiger partial charge on any atom is -0.477 e. The van der Waals surface area contributed by atoms with Gasteiger partial charge in [0.05, 0.1) is 5.52 Å². The van der Waals surface area contributed by atoms with E-state index in [1.165, 1.54) is 6.07 Å². The monoisotopic (exact) mass is 396 g/mol. The van der Waals surface area contributed by atoms with Crippen LogP contribution in [0.25, 0.3) is 21.9 Å². The highest BCUT2D eigenvalue weighted by molar-refractivity contribution is 6.31. The Morgan fingerprint density at radius 2 is 1.89 bits per heavy atom. The number of halogens is 1. The number of aromatic carboxylic acids is 1. The maximum Gasteiger partial charge on any atom is 0.341 e. The summed E-state index contributed by atoms with van der Waals surface area (Å²) in [4.78, 5) is 38.1. The highest BCUT2D eigenvalue weighted by Gasteiger charge is 2.15. The van der Waals surface area contributed by atoms with Gasteiger partial charge in [-0.05, 0) is 35.9 Å². The quantitative estimate of drug-likeness (QED) is 0.488. The first-order valence-corrected chi connectivity index (χ1v) is 8.66. The molecule has 2 aromatic heterocycles. The molecule has 140 valence electrons. The molecule has 1 amide bonds. The molecule has 0 spiro atoms. The van der Waals surface area contributed by atoms with Crippen molar-refractivity contribution in [3.05, 3.63) is 80.8 Å². The van der Waals surface area contributed by atoms with Crippen molar-refractivity contribution in [2.24, 2.45) is 0 Å². The largest absolute Gasteiger partial charge is 0.477 e. The van der Waals surface area contributed by atoms with Gasteiger partial charge in [-0.3, -0.25) is 9.59 Å². The van der Waals surface area contributed by atoms with Crippen LogP contribution in [0.15, 0.2) is 57.7 Å². The van der Waals surface area contributed by atoms with Crippen molar-refractivity contribution in [1.82, 2.24) is 10.3 Å². The zero-order valence-corrected chi connectivity index (χ0v) is 15.0. The molecule has 0 atom stereocenters. The minimum atomic E-state index is -1.33. The number of furan rings is 1. The van der Waals surface area contributed by atoms with E-state index < -0.39 is 17.4 Å². The molecule has 7 nitrogen and oxygen atoms in total. The van der Waals surface area contributed by atoms with E-state index in [4.69, 9.17) is 21.1 Å². The van der Waals surface area contributed by atoms with Crippen molar-refractivity contribution < 1.29 is 19.1 Å². The van der Waals surface area contributed by atoms with Gasteiger partial charge in [0.25, 0.3) is 11.5 Å². The second-order valence-electron chi connectivity index (χ2n) is 6.18. The van der Waals surface area contributed by atoms with Crippen LogP contribution in [-0.4, -0.2) is 22.0 Å². The SMILES string of the molecule is O=C(NCc1cc(Cl)cc2cc(C(=O)O)c(=O)[nH]c12)c1cc2ccccc2o1. The molecule has 0 saturated carbocycles. The fourth-order valence-electron chi connectivity index (χ4n) is 3.01. The molecule has 0 aliphatic heterocycles. The highest BCUT2D eigenvalue weighted by Crippen LogP contribution is 2.23. The molecule has 0 fully saturated rings. The number of carbonyl (C=O) groups excluding carboxylic acids is 1. The lowest BCUT2D eigenvalue weighted by Gasteiger charge is -2.09. The predicted molar refractivity (Wildman–Crippen MR) is 104 cm³/mol. The number of H-pyrrole nitrogens is 1. The Morgan fingerprint density at radius 1 is 1.11 bits per heavy atom. The summed E-state index contributed by atoms with van der Waals surface area (Å²) in [6.45, 7) is 0.0648. The van der Waals surface area contributed by atoms with Crippen LogP contribution in [0.5, 0.6) is 0 Å². The number of benzene rings is 2. The number of hydrogen-bond donors (Lipinski definition) is 3. The van der Waals surface area contributed by atoms with Gasteiger partial charge < -0.3 is 19.8 Å². The molecule has 4 aromatic rings. The summed E-state index contributed by atoms with van der Waals surface area (Å²) >= 11 is 6.11. The maximum atomic E-state index is 12.4. The van der Waals surface area contributed by atoms with Crippen LogP contribution in [-0.2, 0) is 6.54 Å². The van der Waals surface area contributed by atoms with Gasteiger partial charge in [0.2, 0.25) is 0 Å².